The van der Waals surface area contributed by atoms with Crippen molar-refractivity contribution in [2.45, 2.75) is 18.7 Å². The number of nitrogen functional groups attached to an aromatic ring is 1. The van der Waals surface area contributed by atoms with E-state index < -0.39 is 10.0 Å². The van der Waals surface area contributed by atoms with Gasteiger partial charge in [-0.2, -0.15) is 4.31 Å². The van der Waals surface area contributed by atoms with Gasteiger partial charge in [0, 0.05) is 18.8 Å². The second-order valence-corrected chi connectivity index (χ2v) is 9.17. The van der Waals surface area contributed by atoms with E-state index in [4.69, 9.17) is 28.9 Å². The lowest BCUT2D eigenvalue weighted by molar-refractivity contribution is 0.445. The smallest absolute Gasteiger partial charge is 0.243 e. The number of sulfonamides is 1. The van der Waals surface area contributed by atoms with Crippen LogP contribution in [0.3, 0.4) is 0 Å². The zero-order valence-electron chi connectivity index (χ0n) is 16.9. The summed E-state index contributed by atoms with van der Waals surface area (Å²) in [4.78, 5) is 8.54. The highest BCUT2D eigenvalue weighted by molar-refractivity contribution is 7.89. The molecule has 0 radical (unpaired) electrons. The van der Waals surface area contributed by atoms with Crippen molar-refractivity contribution < 1.29 is 8.42 Å². The standard InChI is InChI=1S/C20H22Cl2N6O2S/c1-3-28(4-2)31(29,30)14-10-8-13(9-11-14)26-19-18(23)20(25-12-24-19)27-16-7-5-6-15(21)17(16)22/h5-12H,3-4,23H2,1-2H3,(H2,24,25,26,27). The molecule has 31 heavy (non-hydrogen) atoms. The minimum atomic E-state index is -3.53. The summed E-state index contributed by atoms with van der Waals surface area (Å²) >= 11 is 12.3. The molecule has 0 unspecified atom stereocenters. The molecule has 0 aliphatic carbocycles. The maximum Gasteiger partial charge on any atom is 0.243 e. The maximum atomic E-state index is 12.6. The Balaban J connectivity index is 1.82. The van der Waals surface area contributed by atoms with Crippen molar-refractivity contribution in [2.24, 2.45) is 0 Å². The third kappa shape index (κ3) is 5.01. The Morgan fingerprint density at radius 1 is 0.968 bits per heavy atom. The lowest BCUT2D eigenvalue weighted by atomic mass is 10.3. The van der Waals surface area contributed by atoms with Gasteiger partial charge in [0.25, 0.3) is 0 Å². The number of benzene rings is 2. The fourth-order valence-electron chi connectivity index (χ4n) is 2.88. The van der Waals surface area contributed by atoms with Crippen LogP contribution in [-0.2, 0) is 10.0 Å². The van der Waals surface area contributed by atoms with Gasteiger partial charge in [0.1, 0.15) is 12.0 Å². The molecule has 11 heteroatoms. The predicted octanol–water partition coefficient (Wildman–Crippen LogP) is 4.88. The summed E-state index contributed by atoms with van der Waals surface area (Å²) in [5.74, 6) is 0.706. The topological polar surface area (TPSA) is 113 Å². The number of anilines is 5. The molecule has 4 N–H and O–H groups in total. The van der Waals surface area contributed by atoms with Gasteiger partial charge in [-0.1, -0.05) is 43.1 Å². The molecular formula is C20H22Cl2N6O2S. The Morgan fingerprint density at radius 2 is 1.58 bits per heavy atom. The van der Waals surface area contributed by atoms with Gasteiger partial charge in [-0.25, -0.2) is 18.4 Å². The van der Waals surface area contributed by atoms with E-state index in [0.717, 1.165) is 0 Å². The summed E-state index contributed by atoms with van der Waals surface area (Å²) in [6.07, 6.45) is 1.35. The van der Waals surface area contributed by atoms with Gasteiger partial charge < -0.3 is 16.4 Å². The first-order chi connectivity index (χ1) is 14.8. The Labute approximate surface area is 191 Å². The molecule has 1 aromatic heterocycles. The highest BCUT2D eigenvalue weighted by Gasteiger charge is 2.21. The van der Waals surface area contributed by atoms with E-state index >= 15 is 0 Å². The molecular weight excluding hydrogens is 459 g/mol. The molecule has 1 heterocycles. The van der Waals surface area contributed by atoms with Crippen LogP contribution >= 0.6 is 23.2 Å². The van der Waals surface area contributed by atoms with Gasteiger partial charge in [0.2, 0.25) is 10.0 Å². The molecule has 0 saturated carbocycles. The second kappa shape index (κ2) is 9.69. The Bertz CT molecular complexity index is 1170. The number of halogens is 2. The summed E-state index contributed by atoms with van der Waals surface area (Å²) < 4.78 is 26.6. The first-order valence-electron chi connectivity index (χ1n) is 9.46. The lowest BCUT2D eigenvalue weighted by Crippen LogP contribution is -2.30. The van der Waals surface area contributed by atoms with Gasteiger partial charge in [-0.3, -0.25) is 0 Å². The minimum absolute atomic E-state index is 0.218. The summed E-state index contributed by atoms with van der Waals surface area (Å²) in [6, 6.07) is 11.6. The van der Waals surface area contributed by atoms with E-state index in [9.17, 15) is 8.42 Å². The fraction of sp³-hybridized carbons (Fsp3) is 0.200. The van der Waals surface area contributed by atoms with Crippen molar-refractivity contribution >= 4 is 61.9 Å². The summed E-state index contributed by atoms with van der Waals surface area (Å²) in [7, 11) is -3.53. The highest BCUT2D eigenvalue weighted by Crippen LogP contribution is 2.34. The van der Waals surface area contributed by atoms with Crippen molar-refractivity contribution in [2.75, 3.05) is 29.5 Å². The van der Waals surface area contributed by atoms with Crippen LogP contribution in [0.2, 0.25) is 10.0 Å². The summed E-state index contributed by atoms with van der Waals surface area (Å²) in [5.41, 5.74) is 7.65. The van der Waals surface area contributed by atoms with Crippen LogP contribution in [0.5, 0.6) is 0 Å². The van der Waals surface area contributed by atoms with Gasteiger partial charge in [0.05, 0.1) is 20.6 Å². The molecule has 3 rings (SSSR count). The van der Waals surface area contributed by atoms with Crippen LogP contribution < -0.4 is 16.4 Å². The van der Waals surface area contributed by atoms with E-state index in [1.54, 1.807) is 44.2 Å². The van der Waals surface area contributed by atoms with Gasteiger partial charge in [0.15, 0.2) is 11.6 Å². The summed E-state index contributed by atoms with van der Waals surface area (Å²) in [5, 5.41) is 6.87. The first-order valence-corrected chi connectivity index (χ1v) is 11.7. The number of nitrogens with one attached hydrogen (secondary N) is 2. The number of nitrogens with two attached hydrogens (primary N) is 1. The lowest BCUT2D eigenvalue weighted by Gasteiger charge is -2.18. The Kier molecular flexibility index (Phi) is 7.22. The summed E-state index contributed by atoms with van der Waals surface area (Å²) in [6.45, 7) is 4.42. The average molecular weight is 481 g/mol. The molecule has 8 nitrogen and oxygen atoms in total. The Hall–Kier alpha value is -2.59. The Morgan fingerprint density at radius 3 is 2.19 bits per heavy atom. The van der Waals surface area contributed by atoms with Crippen molar-refractivity contribution in [1.82, 2.24) is 14.3 Å². The first kappa shape index (κ1) is 23.1. The molecule has 0 saturated heterocycles. The van der Waals surface area contributed by atoms with E-state index in [0.29, 0.717) is 46.1 Å². The van der Waals surface area contributed by atoms with E-state index in [-0.39, 0.29) is 10.6 Å². The normalized spacial score (nSPS) is 11.5. The molecule has 0 fully saturated rings. The molecule has 0 amide bonds. The number of hydrogen-bond acceptors (Lipinski definition) is 7. The van der Waals surface area contributed by atoms with Crippen LogP contribution in [0.1, 0.15) is 13.8 Å². The molecule has 0 spiro atoms. The molecule has 164 valence electrons. The third-order valence-electron chi connectivity index (χ3n) is 4.55. The number of rotatable bonds is 8. The molecule has 0 bridgehead atoms. The monoisotopic (exact) mass is 480 g/mol. The van der Waals surface area contributed by atoms with Crippen molar-refractivity contribution in [1.29, 1.82) is 0 Å². The largest absolute Gasteiger partial charge is 0.393 e. The second-order valence-electron chi connectivity index (χ2n) is 6.45. The van der Waals surface area contributed by atoms with E-state index in [1.165, 1.54) is 22.8 Å². The van der Waals surface area contributed by atoms with E-state index in [2.05, 4.69) is 20.6 Å². The molecule has 3 aromatic rings. The molecule has 0 atom stereocenters. The fourth-order valence-corrected chi connectivity index (χ4v) is 4.69. The van der Waals surface area contributed by atoms with Gasteiger partial charge in [-0.15, -0.1) is 0 Å². The van der Waals surface area contributed by atoms with Crippen LogP contribution in [-0.4, -0.2) is 35.8 Å². The van der Waals surface area contributed by atoms with Crippen LogP contribution in [0.4, 0.5) is 28.7 Å². The SMILES string of the molecule is CCN(CC)S(=O)(=O)c1ccc(Nc2ncnc(Nc3cccc(Cl)c3Cl)c2N)cc1. The van der Waals surface area contributed by atoms with Gasteiger partial charge in [-0.05, 0) is 36.4 Å². The third-order valence-corrected chi connectivity index (χ3v) is 7.43. The number of hydrogen-bond donors (Lipinski definition) is 3. The van der Waals surface area contributed by atoms with Crippen molar-refractivity contribution in [3.05, 3.63) is 58.8 Å². The predicted molar refractivity (Wildman–Crippen MR) is 126 cm³/mol. The molecule has 2 aromatic carbocycles. The van der Waals surface area contributed by atoms with E-state index in [1.807, 2.05) is 0 Å². The zero-order valence-corrected chi connectivity index (χ0v) is 19.3. The average Bonchev–Trinajstić information content (AvgIpc) is 2.75. The number of aromatic nitrogens is 2. The van der Waals surface area contributed by atoms with Crippen molar-refractivity contribution in [3.8, 4) is 0 Å². The molecule has 0 aliphatic rings. The maximum absolute atomic E-state index is 12.6. The minimum Gasteiger partial charge on any atom is -0.393 e. The van der Waals surface area contributed by atoms with Crippen molar-refractivity contribution in [3.63, 3.8) is 0 Å². The van der Waals surface area contributed by atoms with Crippen LogP contribution in [0, 0.1) is 0 Å². The van der Waals surface area contributed by atoms with Gasteiger partial charge >= 0.3 is 0 Å². The highest BCUT2D eigenvalue weighted by atomic mass is 35.5. The number of nitrogens with zero attached hydrogens (tertiary/aromatic N) is 3. The van der Waals surface area contributed by atoms with Crippen LogP contribution in [0.15, 0.2) is 53.7 Å². The van der Waals surface area contributed by atoms with Crippen LogP contribution in [0.25, 0.3) is 0 Å². The molecule has 0 aliphatic heterocycles. The quantitative estimate of drug-likeness (QED) is 0.420. The zero-order chi connectivity index (χ0) is 22.6.